The molecule has 1 amide bonds. The van der Waals surface area contributed by atoms with E-state index in [-0.39, 0.29) is 24.9 Å². The first-order valence-corrected chi connectivity index (χ1v) is 13.2. The Balaban J connectivity index is 0. The minimum Gasteiger partial charge on any atom is -0.480 e. The first-order chi connectivity index (χ1) is 20.4. The van der Waals surface area contributed by atoms with E-state index in [1.165, 1.54) is 13.3 Å². The van der Waals surface area contributed by atoms with Gasteiger partial charge >= 0.3 is 29.8 Å². The molecule has 2 saturated heterocycles. The van der Waals surface area contributed by atoms with Crippen molar-refractivity contribution < 1.29 is 59.4 Å². The van der Waals surface area contributed by atoms with Crippen molar-refractivity contribution in [3.63, 3.8) is 0 Å². The largest absolute Gasteiger partial charge is 0.480 e. The van der Waals surface area contributed by atoms with Gasteiger partial charge in [-0.1, -0.05) is 0 Å². The number of imidazole rings is 1. The number of rotatable bonds is 10. The molecule has 0 saturated carbocycles. The van der Waals surface area contributed by atoms with Gasteiger partial charge in [0, 0.05) is 18.3 Å². The quantitative estimate of drug-likeness (QED) is 0.116. The zero-order chi connectivity index (χ0) is 34.4. The Kier molecular flexibility index (Phi) is 22.2. The van der Waals surface area contributed by atoms with Crippen LogP contribution in [0.2, 0.25) is 0 Å². The second-order valence-electron chi connectivity index (χ2n) is 9.42. The minimum absolute atomic E-state index is 0.269. The van der Waals surface area contributed by atoms with Crippen molar-refractivity contribution in [1.82, 2.24) is 20.6 Å². The molecule has 2 aliphatic heterocycles. The molecule has 1 aromatic heterocycles. The normalized spacial score (nSPS) is 19.2. The number of carbonyl (C=O) groups is 6. The van der Waals surface area contributed by atoms with Crippen molar-refractivity contribution in [2.24, 2.45) is 22.9 Å². The van der Waals surface area contributed by atoms with Gasteiger partial charge in [-0.05, 0) is 45.7 Å². The maximum absolute atomic E-state index is 10.3. The molecule has 252 valence electrons. The highest BCUT2D eigenvalue weighted by molar-refractivity contribution is 5.83. The summed E-state index contributed by atoms with van der Waals surface area (Å²) in [4.78, 5) is 66.8. The maximum Gasteiger partial charge on any atom is 0.323 e. The number of nitrogens with zero attached hydrogens (tertiary/aromatic N) is 1. The van der Waals surface area contributed by atoms with Gasteiger partial charge in [-0.2, -0.15) is 0 Å². The number of aromatic amines is 1. The monoisotopic (exact) mass is 636 g/mol. The van der Waals surface area contributed by atoms with Gasteiger partial charge in [-0.15, -0.1) is 0 Å². The average molecular weight is 637 g/mol. The standard InChI is InChI=1S/C6H9N3O2.2C5H9NO2.C4H8N2O3.C4H9NO3/c7-5(6(10)11)1-4-2-8-3-9-4;2*7-5(8)4-2-1-3-6-4;5-2(4(8)9)1-3(6)7;1-2(6)3(5)4(7)8/h2-3,5H,1,7H2,(H,8,9)(H,10,11);2*4,6H,1-3H2,(H,7,8);2H,1,5H2,(H2,6,7)(H,8,9);2-3,6H,5H2,1H3,(H,7,8)/t;2*4-;;/m.00../s1. The Hall–Kier alpha value is -4.21. The lowest BCUT2D eigenvalue weighted by molar-refractivity contribution is -0.141. The van der Waals surface area contributed by atoms with Crippen molar-refractivity contribution in [2.75, 3.05) is 13.1 Å². The highest BCUT2D eigenvalue weighted by Crippen LogP contribution is 2.04. The highest BCUT2D eigenvalue weighted by Gasteiger charge is 2.21. The third kappa shape index (κ3) is 21.5. The molecule has 0 radical (unpaired) electrons. The number of carboxylic acid groups (broad SMARTS) is 5. The molecule has 0 aromatic carbocycles. The molecule has 1 aromatic rings. The second-order valence-corrected chi connectivity index (χ2v) is 9.42. The van der Waals surface area contributed by atoms with Crippen LogP contribution in [0.3, 0.4) is 0 Å². The molecule has 3 heterocycles. The Morgan fingerprint density at radius 2 is 1.30 bits per heavy atom. The van der Waals surface area contributed by atoms with E-state index in [4.69, 9.17) is 47.8 Å². The number of aliphatic hydroxyl groups excluding tert-OH is 1. The van der Waals surface area contributed by atoms with Gasteiger partial charge < -0.3 is 69.2 Å². The van der Waals surface area contributed by atoms with Crippen LogP contribution in [0.15, 0.2) is 12.5 Å². The number of hydrogen-bond acceptors (Lipinski definition) is 13. The number of aliphatic hydroxyl groups is 1. The van der Waals surface area contributed by atoms with Gasteiger partial charge in [0.25, 0.3) is 0 Å². The van der Waals surface area contributed by atoms with E-state index >= 15 is 0 Å². The van der Waals surface area contributed by atoms with Crippen LogP contribution < -0.4 is 33.6 Å². The van der Waals surface area contributed by atoms with E-state index in [0.717, 1.165) is 44.5 Å². The lowest BCUT2D eigenvalue weighted by atomic mass is 10.2. The maximum atomic E-state index is 10.3. The summed E-state index contributed by atoms with van der Waals surface area (Å²) in [5, 5.41) is 55.5. The van der Waals surface area contributed by atoms with Crippen molar-refractivity contribution in [3.8, 4) is 0 Å². The van der Waals surface area contributed by atoms with Crippen LogP contribution in [0.5, 0.6) is 0 Å². The summed E-state index contributed by atoms with van der Waals surface area (Å²) in [7, 11) is 0. The zero-order valence-corrected chi connectivity index (χ0v) is 24.2. The summed E-state index contributed by atoms with van der Waals surface area (Å²) < 4.78 is 0. The number of hydrogen-bond donors (Lipinski definition) is 13. The third-order valence-corrected chi connectivity index (χ3v) is 5.57. The van der Waals surface area contributed by atoms with Crippen LogP contribution in [0.1, 0.15) is 44.7 Å². The molecule has 20 heteroatoms. The van der Waals surface area contributed by atoms with Crippen LogP contribution >= 0.6 is 0 Å². The Morgan fingerprint density at radius 3 is 1.48 bits per heavy atom. The first-order valence-electron chi connectivity index (χ1n) is 13.2. The fourth-order valence-corrected chi connectivity index (χ4v) is 3.02. The number of primary amides is 1. The predicted molar refractivity (Wildman–Crippen MR) is 152 cm³/mol. The fraction of sp³-hybridized carbons (Fsp3) is 0.625. The zero-order valence-electron chi connectivity index (χ0n) is 24.2. The van der Waals surface area contributed by atoms with E-state index in [1.54, 1.807) is 6.20 Å². The van der Waals surface area contributed by atoms with Crippen LogP contribution in [0, 0.1) is 0 Å². The molecular formula is C24H44N8O12. The summed E-state index contributed by atoms with van der Waals surface area (Å²) in [5.41, 5.74) is 20.5. The van der Waals surface area contributed by atoms with Gasteiger partial charge in [0.2, 0.25) is 5.91 Å². The van der Waals surface area contributed by atoms with Gasteiger partial charge in [-0.25, -0.2) is 4.98 Å². The Bertz CT molecular complexity index is 970. The fourth-order valence-electron chi connectivity index (χ4n) is 3.02. The number of amides is 1. The Labute approximate surface area is 252 Å². The summed E-state index contributed by atoms with van der Waals surface area (Å²) in [6.45, 7) is 3.05. The molecule has 0 bridgehead atoms. The van der Waals surface area contributed by atoms with Gasteiger partial charge in [0.1, 0.15) is 30.2 Å². The molecule has 0 aliphatic carbocycles. The SMILES string of the molecule is CC(O)C(N)C(=O)O.NC(=O)CC(N)C(=O)O.NC(Cc1cnc[nH]1)C(=O)O.O=C(O)[C@@H]1CCCN1.O=C(O)[C@@H]1CCCN1. The van der Waals surface area contributed by atoms with Gasteiger partial charge in [0.15, 0.2) is 0 Å². The molecule has 2 aliphatic rings. The van der Waals surface area contributed by atoms with Crippen molar-refractivity contribution in [2.45, 2.75) is 81.8 Å². The lowest BCUT2D eigenvalue weighted by Crippen LogP contribution is -2.39. The number of nitrogens with two attached hydrogens (primary N) is 4. The number of H-pyrrole nitrogens is 1. The molecule has 44 heavy (non-hydrogen) atoms. The van der Waals surface area contributed by atoms with Gasteiger partial charge in [-0.3, -0.25) is 28.8 Å². The summed E-state index contributed by atoms with van der Waals surface area (Å²) in [6.07, 6.45) is 5.61. The number of carbonyl (C=O) groups excluding carboxylic acids is 1. The van der Waals surface area contributed by atoms with Crippen LogP contribution in [-0.2, 0) is 35.2 Å². The lowest BCUT2D eigenvalue weighted by Gasteiger charge is -2.06. The number of carboxylic acids is 5. The van der Waals surface area contributed by atoms with Gasteiger partial charge in [0.05, 0.1) is 18.9 Å². The minimum atomic E-state index is -1.21. The summed E-state index contributed by atoms with van der Waals surface area (Å²) >= 11 is 0. The molecule has 3 rings (SSSR count). The van der Waals surface area contributed by atoms with Crippen molar-refractivity contribution in [3.05, 3.63) is 18.2 Å². The number of aliphatic carboxylic acids is 5. The molecule has 6 atom stereocenters. The average Bonchev–Trinajstić information content (AvgIpc) is 3.73. The van der Waals surface area contributed by atoms with E-state index in [0.29, 0.717) is 0 Å². The predicted octanol–water partition coefficient (Wildman–Crippen LogP) is -3.94. The van der Waals surface area contributed by atoms with E-state index < -0.39 is 60.0 Å². The second kappa shape index (κ2) is 23.3. The topological polar surface area (TPSA) is 381 Å². The molecule has 17 N–H and O–H groups in total. The molecule has 4 unspecified atom stereocenters. The smallest absolute Gasteiger partial charge is 0.323 e. The first kappa shape index (κ1) is 41.9. The summed E-state index contributed by atoms with van der Waals surface area (Å²) in [6, 6.07) is -3.71. The number of nitrogens with one attached hydrogen (secondary N) is 3. The van der Waals surface area contributed by atoms with Crippen LogP contribution in [0.4, 0.5) is 0 Å². The molecule has 2 fully saturated rings. The molecule has 20 nitrogen and oxygen atoms in total. The van der Waals surface area contributed by atoms with E-state index in [9.17, 15) is 28.8 Å². The Morgan fingerprint density at radius 1 is 0.841 bits per heavy atom. The third-order valence-electron chi connectivity index (χ3n) is 5.57. The van der Waals surface area contributed by atoms with Crippen LogP contribution in [-0.4, -0.2) is 126 Å². The van der Waals surface area contributed by atoms with Crippen molar-refractivity contribution in [1.29, 1.82) is 0 Å². The number of aromatic nitrogens is 2. The van der Waals surface area contributed by atoms with Crippen molar-refractivity contribution >= 4 is 35.8 Å². The van der Waals surface area contributed by atoms with Crippen LogP contribution in [0.25, 0.3) is 0 Å². The highest BCUT2D eigenvalue weighted by atomic mass is 16.4. The van der Waals surface area contributed by atoms with E-state index in [2.05, 4.69) is 26.3 Å². The summed E-state index contributed by atoms with van der Waals surface area (Å²) in [5.74, 6) is -5.54. The molecule has 0 spiro atoms. The molecular weight excluding hydrogens is 592 g/mol. The van der Waals surface area contributed by atoms with E-state index in [1.807, 2.05) is 0 Å².